The van der Waals surface area contributed by atoms with Crippen LogP contribution < -0.4 is 5.56 Å². The zero-order valence-electron chi connectivity index (χ0n) is 17.6. The van der Waals surface area contributed by atoms with Gasteiger partial charge in [0.2, 0.25) is 5.91 Å². The average Bonchev–Trinajstić information content (AvgIpc) is 3.14. The van der Waals surface area contributed by atoms with Crippen molar-refractivity contribution in [2.24, 2.45) is 5.92 Å². The zero-order valence-corrected chi connectivity index (χ0v) is 20.0. The first-order valence-electron chi connectivity index (χ1n) is 10.6. The van der Waals surface area contributed by atoms with Crippen molar-refractivity contribution < 1.29 is 4.79 Å². The number of hydrogen-bond acceptors (Lipinski definition) is 4. The second kappa shape index (κ2) is 8.46. The molecule has 1 amide bonds. The van der Waals surface area contributed by atoms with Crippen molar-refractivity contribution in [2.45, 2.75) is 26.3 Å². The molecule has 32 heavy (non-hydrogen) atoms. The van der Waals surface area contributed by atoms with Crippen LogP contribution in [-0.4, -0.2) is 32.9 Å². The Bertz CT molecular complexity index is 1460. The summed E-state index contributed by atoms with van der Waals surface area (Å²) < 4.78 is 4.13. The summed E-state index contributed by atoms with van der Waals surface area (Å²) in [5, 5.41) is 1.15. The van der Waals surface area contributed by atoms with Gasteiger partial charge in [0.1, 0.15) is 12.2 Å². The quantitative estimate of drug-likeness (QED) is 0.355. The number of benzene rings is 2. The van der Waals surface area contributed by atoms with Gasteiger partial charge in [-0.1, -0.05) is 42.8 Å². The summed E-state index contributed by atoms with van der Waals surface area (Å²) in [5.74, 6) is 0.587. The molecule has 0 N–H and O–H groups in total. The van der Waals surface area contributed by atoms with E-state index in [1.165, 1.54) is 11.3 Å². The Morgan fingerprint density at radius 1 is 1.16 bits per heavy atom. The fraction of sp³-hybridized carbons (Fsp3) is 0.292. The van der Waals surface area contributed by atoms with Gasteiger partial charge in [-0.05, 0) is 60.8 Å². The van der Waals surface area contributed by atoms with Crippen molar-refractivity contribution >= 4 is 57.6 Å². The van der Waals surface area contributed by atoms with Crippen molar-refractivity contribution in [3.05, 3.63) is 67.9 Å². The second-order valence-electron chi connectivity index (χ2n) is 8.34. The number of para-hydroxylation sites is 1. The van der Waals surface area contributed by atoms with Gasteiger partial charge in [-0.3, -0.25) is 18.6 Å². The van der Waals surface area contributed by atoms with Crippen LogP contribution in [0.15, 0.2) is 53.3 Å². The standard InChI is InChI=1S/C24H22ClN3O2S2/c1-15-9-11-26(12-10-15)20(29)14-27-22-21(16-5-4-6-17(25)13-16)32-24(31)28(22)19-8-3-2-7-18(19)23(27)30/h2-8,13,15H,9-12,14H2,1H3. The molecule has 0 spiro atoms. The highest BCUT2D eigenvalue weighted by Gasteiger charge is 2.24. The molecular formula is C24H22ClN3O2S2. The summed E-state index contributed by atoms with van der Waals surface area (Å²) in [5.41, 5.74) is 2.08. The topological polar surface area (TPSA) is 46.7 Å². The monoisotopic (exact) mass is 483 g/mol. The van der Waals surface area contributed by atoms with Gasteiger partial charge in [0, 0.05) is 18.1 Å². The van der Waals surface area contributed by atoms with Gasteiger partial charge in [-0.15, -0.1) is 11.3 Å². The number of amides is 1. The maximum absolute atomic E-state index is 13.6. The van der Waals surface area contributed by atoms with E-state index in [2.05, 4.69) is 6.92 Å². The Labute approximate surface area is 199 Å². The van der Waals surface area contributed by atoms with Crippen LogP contribution in [0.25, 0.3) is 27.0 Å². The first-order valence-corrected chi connectivity index (χ1v) is 12.2. The number of carbonyl (C=O) groups is 1. The Morgan fingerprint density at radius 3 is 2.66 bits per heavy atom. The fourth-order valence-electron chi connectivity index (χ4n) is 4.37. The van der Waals surface area contributed by atoms with Gasteiger partial charge in [-0.25, -0.2) is 0 Å². The summed E-state index contributed by atoms with van der Waals surface area (Å²) in [4.78, 5) is 29.5. The Morgan fingerprint density at radius 2 is 1.91 bits per heavy atom. The summed E-state index contributed by atoms with van der Waals surface area (Å²) in [6.45, 7) is 3.66. The van der Waals surface area contributed by atoms with E-state index in [1.807, 2.05) is 51.8 Å². The summed E-state index contributed by atoms with van der Waals surface area (Å²) in [6.07, 6.45) is 1.98. The predicted molar refractivity (Wildman–Crippen MR) is 133 cm³/mol. The molecule has 3 heterocycles. The number of hydrogen-bond donors (Lipinski definition) is 0. The van der Waals surface area contributed by atoms with Crippen LogP contribution in [0.1, 0.15) is 19.8 Å². The highest BCUT2D eigenvalue weighted by molar-refractivity contribution is 7.73. The van der Waals surface area contributed by atoms with Crippen LogP contribution in [-0.2, 0) is 11.3 Å². The first kappa shape index (κ1) is 21.4. The van der Waals surface area contributed by atoms with E-state index in [9.17, 15) is 9.59 Å². The number of thiazole rings is 1. The molecule has 1 saturated heterocycles. The second-order valence-corrected chi connectivity index (χ2v) is 10.4. The number of halogens is 1. The lowest BCUT2D eigenvalue weighted by molar-refractivity contribution is -0.133. The summed E-state index contributed by atoms with van der Waals surface area (Å²) >= 11 is 13.4. The van der Waals surface area contributed by atoms with Crippen molar-refractivity contribution in [3.8, 4) is 10.4 Å². The lowest BCUT2D eigenvalue weighted by Gasteiger charge is -2.30. The highest BCUT2D eigenvalue weighted by atomic mass is 35.5. The Kier molecular flexibility index (Phi) is 5.65. The minimum atomic E-state index is -0.185. The van der Waals surface area contributed by atoms with Gasteiger partial charge in [0.15, 0.2) is 3.95 Å². The van der Waals surface area contributed by atoms with Crippen molar-refractivity contribution in [1.29, 1.82) is 0 Å². The van der Waals surface area contributed by atoms with E-state index in [0.717, 1.165) is 41.9 Å². The van der Waals surface area contributed by atoms with E-state index in [0.29, 0.717) is 25.9 Å². The minimum absolute atomic E-state index is 0.0133. The van der Waals surface area contributed by atoms with Crippen LogP contribution in [0.3, 0.4) is 0 Å². The van der Waals surface area contributed by atoms with Crippen LogP contribution >= 0.6 is 35.2 Å². The SMILES string of the molecule is CC1CCN(C(=O)Cn2c(=O)c3ccccc3n3c(=S)sc(-c4cccc(Cl)c4)c23)CC1. The average molecular weight is 484 g/mol. The maximum atomic E-state index is 13.6. The maximum Gasteiger partial charge on any atom is 0.262 e. The summed E-state index contributed by atoms with van der Waals surface area (Å²) in [7, 11) is 0. The molecule has 5 rings (SSSR count). The molecular weight excluding hydrogens is 462 g/mol. The number of piperidine rings is 1. The number of likely N-dealkylation sites (tertiary alicyclic amines) is 1. The largest absolute Gasteiger partial charge is 0.341 e. The lowest BCUT2D eigenvalue weighted by atomic mass is 9.99. The molecule has 1 aliphatic heterocycles. The number of aromatic nitrogens is 2. The number of carbonyl (C=O) groups excluding carboxylic acids is 1. The Hall–Kier alpha value is -2.48. The molecule has 8 heteroatoms. The van der Waals surface area contributed by atoms with Gasteiger partial charge >= 0.3 is 0 Å². The van der Waals surface area contributed by atoms with Crippen molar-refractivity contribution in [2.75, 3.05) is 13.1 Å². The molecule has 0 atom stereocenters. The molecule has 0 saturated carbocycles. The molecule has 0 aliphatic carbocycles. The molecule has 0 unspecified atom stereocenters. The zero-order chi connectivity index (χ0) is 22.4. The van der Waals surface area contributed by atoms with Crippen LogP contribution in [0.2, 0.25) is 5.02 Å². The van der Waals surface area contributed by atoms with Crippen molar-refractivity contribution in [3.63, 3.8) is 0 Å². The van der Waals surface area contributed by atoms with Gasteiger partial charge < -0.3 is 4.90 Å². The number of nitrogens with zero attached hydrogens (tertiary/aromatic N) is 3. The summed E-state index contributed by atoms with van der Waals surface area (Å²) in [6, 6.07) is 14.9. The number of fused-ring (bicyclic) bond motifs is 3. The fourth-order valence-corrected chi connectivity index (χ4v) is 5.98. The predicted octanol–water partition coefficient (Wildman–Crippen LogP) is 5.62. The van der Waals surface area contributed by atoms with Crippen molar-refractivity contribution in [1.82, 2.24) is 13.9 Å². The van der Waals surface area contributed by atoms with Gasteiger partial charge in [0.05, 0.1) is 15.8 Å². The van der Waals surface area contributed by atoms with Crippen LogP contribution in [0.5, 0.6) is 0 Å². The number of rotatable bonds is 3. The van der Waals surface area contributed by atoms with Crippen LogP contribution in [0, 0.1) is 9.87 Å². The molecule has 2 aromatic carbocycles. The molecule has 1 aliphatic rings. The van der Waals surface area contributed by atoms with Gasteiger partial charge in [0.25, 0.3) is 5.56 Å². The first-order chi connectivity index (χ1) is 15.4. The molecule has 5 nitrogen and oxygen atoms in total. The van der Waals surface area contributed by atoms with E-state index in [1.54, 1.807) is 10.6 Å². The third-order valence-electron chi connectivity index (χ3n) is 6.18. The van der Waals surface area contributed by atoms with Gasteiger partial charge in [-0.2, -0.15) is 0 Å². The third kappa shape index (κ3) is 3.68. The minimum Gasteiger partial charge on any atom is -0.341 e. The van der Waals surface area contributed by atoms with E-state index in [-0.39, 0.29) is 18.0 Å². The highest BCUT2D eigenvalue weighted by Crippen LogP contribution is 2.34. The van der Waals surface area contributed by atoms with Crippen LogP contribution in [0.4, 0.5) is 0 Å². The lowest BCUT2D eigenvalue weighted by Crippen LogP contribution is -2.41. The molecule has 0 radical (unpaired) electrons. The molecule has 0 bridgehead atoms. The molecule has 4 aromatic rings. The van der Waals surface area contributed by atoms with E-state index in [4.69, 9.17) is 23.8 Å². The molecule has 2 aromatic heterocycles. The molecule has 164 valence electrons. The smallest absolute Gasteiger partial charge is 0.262 e. The Balaban J connectivity index is 1.75. The normalized spacial score (nSPS) is 15.0. The van der Waals surface area contributed by atoms with E-state index < -0.39 is 0 Å². The molecule has 1 fully saturated rings. The van der Waals surface area contributed by atoms with E-state index >= 15 is 0 Å². The third-order valence-corrected chi connectivity index (χ3v) is 7.83.